The van der Waals surface area contributed by atoms with E-state index in [4.69, 9.17) is 16.3 Å². The molecule has 0 aliphatic heterocycles. The standard InChI is InChI=1S/C14H20ClFN2O/c1-9-10(16)11(15)18-12(17-9)14(19-4)7-5-13(2,3)6-8-14/h5-8H2,1-4H3. The number of ether oxygens (including phenoxy) is 1. The summed E-state index contributed by atoms with van der Waals surface area (Å²) >= 11 is 5.83. The summed E-state index contributed by atoms with van der Waals surface area (Å²) in [6.07, 6.45) is 3.71. The third kappa shape index (κ3) is 2.75. The van der Waals surface area contributed by atoms with Gasteiger partial charge in [-0.15, -0.1) is 0 Å². The van der Waals surface area contributed by atoms with Crippen LogP contribution in [0.2, 0.25) is 5.15 Å². The fraction of sp³-hybridized carbons (Fsp3) is 0.714. The Morgan fingerprint density at radius 2 is 1.74 bits per heavy atom. The second kappa shape index (κ2) is 4.98. The van der Waals surface area contributed by atoms with E-state index in [1.54, 1.807) is 14.0 Å². The minimum absolute atomic E-state index is 0.122. The van der Waals surface area contributed by atoms with Crippen LogP contribution in [0.15, 0.2) is 0 Å². The Hall–Kier alpha value is -0.740. The van der Waals surface area contributed by atoms with Crippen LogP contribution in [0, 0.1) is 18.2 Å². The second-order valence-corrected chi connectivity index (χ2v) is 6.46. The Labute approximate surface area is 118 Å². The van der Waals surface area contributed by atoms with Crippen molar-refractivity contribution in [1.82, 2.24) is 9.97 Å². The molecular formula is C14H20ClFN2O. The van der Waals surface area contributed by atoms with E-state index in [2.05, 4.69) is 23.8 Å². The molecular weight excluding hydrogens is 267 g/mol. The molecule has 0 atom stereocenters. The van der Waals surface area contributed by atoms with Gasteiger partial charge in [0.1, 0.15) is 5.60 Å². The van der Waals surface area contributed by atoms with Gasteiger partial charge in [0.2, 0.25) is 0 Å². The van der Waals surface area contributed by atoms with Crippen LogP contribution >= 0.6 is 11.6 Å². The maximum absolute atomic E-state index is 13.5. The molecule has 1 aromatic heterocycles. The third-order valence-electron chi connectivity index (χ3n) is 4.19. The van der Waals surface area contributed by atoms with Crippen LogP contribution in [0.25, 0.3) is 0 Å². The van der Waals surface area contributed by atoms with Crippen molar-refractivity contribution in [3.63, 3.8) is 0 Å². The van der Waals surface area contributed by atoms with Crippen LogP contribution in [0.3, 0.4) is 0 Å². The van der Waals surface area contributed by atoms with Gasteiger partial charge in [0, 0.05) is 7.11 Å². The van der Waals surface area contributed by atoms with E-state index < -0.39 is 11.4 Å². The van der Waals surface area contributed by atoms with Gasteiger partial charge in [-0.3, -0.25) is 0 Å². The monoisotopic (exact) mass is 286 g/mol. The first kappa shape index (κ1) is 14.7. The summed E-state index contributed by atoms with van der Waals surface area (Å²) in [5, 5.41) is -0.122. The Bertz CT molecular complexity index is 457. The lowest BCUT2D eigenvalue weighted by Crippen LogP contribution is -2.38. The summed E-state index contributed by atoms with van der Waals surface area (Å²) in [7, 11) is 1.66. The largest absolute Gasteiger partial charge is 0.370 e. The van der Waals surface area contributed by atoms with Crippen molar-refractivity contribution >= 4 is 11.6 Å². The Morgan fingerprint density at radius 1 is 1.16 bits per heavy atom. The molecule has 1 aromatic rings. The zero-order valence-corrected chi connectivity index (χ0v) is 12.6. The molecule has 1 fully saturated rings. The Kier molecular flexibility index (Phi) is 3.85. The van der Waals surface area contributed by atoms with Gasteiger partial charge in [0.25, 0.3) is 0 Å². The van der Waals surface area contributed by atoms with Crippen molar-refractivity contribution in [2.75, 3.05) is 7.11 Å². The van der Waals surface area contributed by atoms with E-state index in [9.17, 15) is 4.39 Å². The zero-order valence-electron chi connectivity index (χ0n) is 11.9. The highest BCUT2D eigenvalue weighted by molar-refractivity contribution is 6.29. The number of hydrogen-bond acceptors (Lipinski definition) is 3. The minimum Gasteiger partial charge on any atom is -0.370 e. The molecule has 1 aliphatic rings. The van der Waals surface area contributed by atoms with E-state index in [-0.39, 0.29) is 10.8 Å². The van der Waals surface area contributed by atoms with E-state index in [0.29, 0.717) is 11.2 Å². The maximum atomic E-state index is 13.5. The molecule has 0 radical (unpaired) electrons. The van der Waals surface area contributed by atoms with Gasteiger partial charge in [-0.1, -0.05) is 25.4 Å². The third-order valence-corrected chi connectivity index (χ3v) is 4.44. The maximum Gasteiger partial charge on any atom is 0.181 e. The SMILES string of the molecule is COC1(c2nc(C)c(F)c(Cl)n2)CCC(C)(C)CC1. The number of rotatable bonds is 2. The molecule has 2 rings (SSSR count). The predicted octanol–water partition coefficient (Wildman–Crippen LogP) is 4.02. The second-order valence-electron chi connectivity index (χ2n) is 6.10. The lowest BCUT2D eigenvalue weighted by Gasteiger charge is -2.41. The van der Waals surface area contributed by atoms with Crippen LogP contribution in [0.5, 0.6) is 0 Å². The minimum atomic E-state index is -0.548. The van der Waals surface area contributed by atoms with Crippen molar-refractivity contribution in [2.45, 2.75) is 52.1 Å². The number of methoxy groups -OCH3 is 1. The van der Waals surface area contributed by atoms with Gasteiger partial charge in [-0.05, 0) is 38.0 Å². The average molecular weight is 287 g/mol. The van der Waals surface area contributed by atoms with E-state index in [0.717, 1.165) is 25.7 Å². The highest BCUT2D eigenvalue weighted by atomic mass is 35.5. The Morgan fingerprint density at radius 3 is 2.21 bits per heavy atom. The number of nitrogens with zero attached hydrogens (tertiary/aromatic N) is 2. The van der Waals surface area contributed by atoms with Crippen molar-refractivity contribution in [3.8, 4) is 0 Å². The first-order valence-electron chi connectivity index (χ1n) is 6.55. The van der Waals surface area contributed by atoms with Crippen molar-refractivity contribution < 1.29 is 9.13 Å². The van der Waals surface area contributed by atoms with Crippen LogP contribution in [0.4, 0.5) is 4.39 Å². The quantitative estimate of drug-likeness (QED) is 0.770. The molecule has 0 N–H and O–H groups in total. The summed E-state index contributed by atoms with van der Waals surface area (Å²) in [6.45, 7) is 6.09. The first-order valence-corrected chi connectivity index (χ1v) is 6.93. The van der Waals surface area contributed by atoms with Gasteiger partial charge < -0.3 is 4.74 Å². The fourth-order valence-electron chi connectivity index (χ4n) is 2.58. The summed E-state index contributed by atoms with van der Waals surface area (Å²) in [5.41, 5.74) is 0.0506. The summed E-state index contributed by atoms with van der Waals surface area (Å²) in [6, 6.07) is 0. The molecule has 0 unspecified atom stereocenters. The molecule has 1 heterocycles. The van der Waals surface area contributed by atoms with Crippen LogP contribution in [0.1, 0.15) is 51.0 Å². The summed E-state index contributed by atoms with van der Waals surface area (Å²) in [5.74, 6) is -0.0396. The van der Waals surface area contributed by atoms with E-state index in [1.807, 2.05) is 0 Å². The van der Waals surface area contributed by atoms with Crippen molar-refractivity contribution in [2.24, 2.45) is 5.41 Å². The topological polar surface area (TPSA) is 35.0 Å². The van der Waals surface area contributed by atoms with Crippen molar-refractivity contribution in [1.29, 1.82) is 0 Å². The highest BCUT2D eigenvalue weighted by Gasteiger charge is 2.42. The van der Waals surface area contributed by atoms with Gasteiger partial charge >= 0.3 is 0 Å². The van der Waals surface area contributed by atoms with Gasteiger partial charge in [0.15, 0.2) is 16.8 Å². The summed E-state index contributed by atoms with van der Waals surface area (Å²) in [4.78, 5) is 8.35. The molecule has 0 spiro atoms. The van der Waals surface area contributed by atoms with E-state index >= 15 is 0 Å². The highest BCUT2D eigenvalue weighted by Crippen LogP contribution is 2.46. The smallest absolute Gasteiger partial charge is 0.181 e. The molecule has 0 aromatic carbocycles. The molecule has 0 amide bonds. The molecule has 1 aliphatic carbocycles. The normalized spacial score (nSPS) is 21.4. The molecule has 5 heteroatoms. The predicted molar refractivity (Wildman–Crippen MR) is 72.7 cm³/mol. The molecule has 0 bridgehead atoms. The van der Waals surface area contributed by atoms with Crippen molar-refractivity contribution in [3.05, 3.63) is 22.5 Å². The number of halogens is 2. The molecule has 19 heavy (non-hydrogen) atoms. The molecule has 3 nitrogen and oxygen atoms in total. The van der Waals surface area contributed by atoms with E-state index in [1.165, 1.54) is 0 Å². The van der Waals surface area contributed by atoms with Gasteiger partial charge in [0.05, 0.1) is 5.69 Å². The number of aryl methyl sites for hydroxylation is 1. The van der Waals surface area contributed by atoms with Crippen LogP contribution in [-0.2, 0) is 10.3 Å². The van der Waals surface area contributed by atoms with Gasteiger partial charge in [-0.25, -0.2) is 14.4 Å². The van der Waals surface area contributed by atoms with Crippen LogP contribution in [-0.4, -0.2) is 17.1 Å². The number of aromatic nitrogens is 2. The summed E-state index contributed by atoms with van der Waals surface area (Å²) < 4.78 is 19.2. The van der Waals surface area contributed by atoms with Crippen LogP contribution < -0.4 is 0 Å². The number of hydrogen-bond donors (Lipinski definition) is 0. The van der Waals surface area contributed by atoms with Gasteiger partial charge in [-0.2, -0.15) is 0 Å². The average Bonchev–Trinajstić information content (AvgIpc) is 2.36. The molecule has 106 valence electrons. The Balaban J connectivity index is 2.38. The fourth-order valence-corrected chi connectivity index (χ4v) is 2.79. The molecule has 0 saturated heterocycles. The first-order chi connectivity index (χ1) is 8.80. The zero-order chi connectivity index (χ0) is 14.3. The molecule has 1 saturated carbocycles. The lowest BCUT2D eigenvalue weighted by atomic mass is 9.70. The lowest BCUT2D eigenvalue weighted by molar-refractivity contribution is -0.0731.